The summed E-state index contributed by atoms with van der Waals surface area (Å²) in [5.41, 5.74) is 2.72. The van der Waals surface area contributed by atoms with Gasteiger partial charge in [0.1, 0.15) is 5.69 Å². The lowest BCUT2D eigenvalue weighted by molar-refractivity contribution is 0.101. The smallest absolute Gasteiger partial charge is 0.272 e. The molecule has 0 bridgehead atoms. The predicted molar refractivity (Wildman–Crippen MR) is 86.2 cm³/mol. The first-order chi connectivity index (χ1) is 9.65. The number of carbonyl (C=O) groups excluding carboxylic acids is 1. The first-order valence-electron chi connectivity index (χ1n) is 6.90. The van der Waals surface area contributed by atoms with Crippen LogP contribution in [0, 0.1) is 0 Å². The zero-order chi connectivity index (χ0) is 14.5. The normalized spacial score (nSPS) is 10.6. The lowest BCUT2D eigenvalue weighted by atomic mass is 10.1. The molecule has 0 unspecified atom stereocenters. The van der Waals surface area contributed by atoms with Gasteiger partial charge in [-0.25, -0.2) is 0 Å². The van der Waals surface area contributed by atoms with Crippen molar-refractivity contribution in [3.8, 4) is 0 Å². The first-order valence-corrected chi connectivity index (χ1v) is 7.70. The van der Waals surface area contributed by atoms with Crippen molar-refractivity contribution >= 4 is 27.5 Å². The van der Waals surface area contributed by atoms with Gasteiger partial charge in [0, 0.05) is 22.9 Å². The van der Waals surface area contributed by atoms with Crippen molar-refractivity contribution in [3.05, 3.63) is 52.3 Å². The van der Waals surface area contributed by atoms with Crippen LogP contribution in [0.3, 0.4) is 0 Å². The van der Waals surface area contributed by atoms with Crippen molar-refractivity contribution in [2.45, 2.75) is 33.2 Å². The highest BCUT2D eigenvalue weighted by atomic mass is 79.9. The van der Waals surface area contributed by atoms with E-state index in [1.54, 1.807) is 0 Å². The molecule has 3 nitrogen and oxygen atoms in total. The summed E-state index contributed by atoms with van der Waals surface area (Å²) < 4.78 is 2.91. The molecule has 0 saturated heterocycles. The number of nitrogens with one attached hydrogen (secondary N) is 1. The van der Waals surface area contributed by atoms with E-state index in [1.165, 1.54) is 0 Å². The molecule has 1 amide bonds. The van der Waals surface area contributed by atoms with Crippen LogP contribution >= 0.6 is 15.9 Å². The number of hydrogen-bond donors (Lipinski definition) is 1. The highest BCUT2D eigenvalue weighted by molar-refractivity contribution is 9.10. The zero-order valence-corrected chi connectivity index (χ0v) is 13.4. The van der Waals surface area contributed by atoms with E-state index in [2.05, 4.69) is 35.1 Å². The molecule has 0 spiro atoms. The Morgan fingerprint density at radius 1 is 1.30 bits per heavy atom. The molecular formula is C16H19BrN2O. The van der Waals surface area contributed by atoms with Crippen LogP contribution in [0.15, 0.2) is 41.0 Å². The molecule has 1 aromatic carbocycles. The van der Waals surface area contributed by atoms with Crippen LogP contribution in [0.2, 0.25) is 0 Å². The Morgan fingerprint density at radius 2 is 2.05 bits per heavy atom. The maximum absolute atomic E-state index is 12.4. The third-order valence-corrected chi connectivity index (χ3v) is 3.64. The Labute approximate surface area is 128 Å². The molecule has 4 heteroatoms. The number of benzene rings is 1. The monoisotopic (exact) mass is 334 g/mol. The number of amides is 1. The summed E-state index contributed by atoms with van der Waals surface area (Å²) in [6.07, 6.45) is 3.84. The molecule has 1 heterocycles. The van der Waals surface area contributed by atoms with Crippen molar-refractivity contribution in [1.29, 1.82) is 0 Å². The third kappa shape index (κ3) is 3.31. The molecule has 1 N–H and O–H groups in total. The maximum atomic E-state index is 12.4. The van der Waals surface area contributed by atoms with Crippen molar-refractivity contribution in [1.82, 2.24) is 4.57 Å². The Hall–Kier alpha value is -1.55. The summed E-state index contributed by atoms with van der Waals surface area (Å²) in [4.78, 5) is 12.4. The summed E-state index contributed by atoms with van der Waals surface area (Å²) in [7, 11) is 0. The fourth-order valence-electron chi connectivity index (χ4n) is 2.23. The summed E-state index contributed by atoms with van der Waals surface area (Å²) in [6, 6.07) is 9.77. The molecule has 0 fully saturated rings. The van der Waals surface area contributed by atoms with Crippen molar-refractivity contribution < 1.29 is 4.79 Å². The molecule has 0 saturated carbocycles. The van der Waals surface area contributed by atoms with Gasteiger partial charge in [0.25, 0.3) is 5.91 Å². The number of aromatic nitrogens is 1. The second-order valence-corrected chi connectivity index (χ2v) is 5.62. The molecule has 20 heavy (non-hydrogen) atoms. The third-order valence-electron chi connectivity index (χ3n) is 3.21. The number of nitrogens with zero attached hydrogens (tertiary/aromatic N) is 1. The predicted octanol–water partition coefficient (Wildman–Crippen LogP) is 4.48. The molecular weight excluding hydrogens is 316 g/mol. The van der Waals surface area contributed by atoms with E-state index in [1.807, 2.05) is 41.1 Å². The van der Waals surface area contributed by atoms with Gasteiger partial charge < -0.3 is 9.88 Å². The average Bonchev–Trinajstić information content (AvgIpc) is 2.81. The SMILES string of the molecule is CCCn1cc(Br)cc1C(=O)Nc1ccccc1CC. The number of hydrogen-bond acceptors (Lipinski definition) is 1. The van der Waals surface area contributed by atoms with E-state index in [0.717, 1.165) is 35.1 Å². The van der Waals surface area contributed by atoms with Crippen LogP contribution in [0.5, 0.6) is 0 Å². The van der Waals surface area contributed by atoms with Gasteiger partial charge in [-0.1, -0.05) is 32.0 Å². The molecule has 1 aromatic heterocycles. The second-order valence-electron chi connectivity index (χ2n) is 4.70. The average molecular weight is 335 g/mol. The van der Waals surface area contributed by atoms with Gasteiger partial charge in [-0.05, 0) is 46.5 Å². The Balaban J connectivity index is 2.24. The Kier molecular flexibility index (Phi) is 5.01. The highest BCUT2D eigenvalue weighted by Gasteiger charge is 2.13. The van der Waals surface area contributed by atoms with Crippen LogP contribution in [-0.4, -0.2) is 10.5 Å². The van der Waals surface area contributed by atoms with Gasteiger partial charge in [-0.3, -0.25) is 4.79 Å². The number of para-hydroxylation sites is 1. The quantitative estimate of drug-likeness (QED) is 0.859. The molecule has 106 valence electrons. The lowest BCUT2D eigenvalue weighted by Crippen LogP contribution is -2.17. The minimum absolute atomic E-state index is 0.0648. The Bertz CT molecular complexity index is 604. The largest absolute Gasteiger partial charge is 0.342 e. The van der Waals surface area contributed by atoms with Crippen LogP contribution in [0.4, 0.5) is 5.69 Å². The molecule has 0 aliphatic rings. The van der Waals surface area contributed by atoms with Gasteiger partial charge in [0.15, 0.2) is 0 Å². The fraction of sp³-hybridized carbons (Fsp3) is 0.312. The van der Waals surface area contributed by atoms with Crippen LogP contribution in [0.25, 0.3) is 0 Å². The summed E-state index contributed by atoms with van der Waals surface area (Å²) in [5, 5.41) is 3.01. The van der Waals surface area contributed by atoms with Crippen LogP contribution < -0.4 is 5.32 Å². The van der Waals surface area contributed by atoms with Crippen LogP contribution in [-0.2, 0) is 13.0 Å². The summed E-state index contributed by atoms with van der Waals surface area (Å²) in [6.45, 7) is 5.02. The minimum atomic E-state index is -0.0648. The molecule has 0 atom stereocenters. The topological polar surface area (TPSA) is 34.0 Å². The fourth-order valence-corrected chi connectivity index (χ4v) is 2.69. The first kappa shape index (κ1) is 14.9. The van der Waals surface area contributed by atoms with Crippen molar-refractivity contribution in [2.24, 2.45) is 0 Å². The number of halogens is 1. The molecule has 0 aliphatic carbocycles. The van der Waals surface area contributed by atoms with Crippen molar-refractivity contribution in [2.75, 3.05) is 5.32 Å². The highest BCUT2D eigenvalue weighted by Crippen LogP contribution is 2.19. The van der Waals surface area contributed by atoms with Gasteiger partial charge >= 0.3 is 0 Å². The van der Waals surface area contributed by atoms with Gasteiger partial charge in [0.2, 0.25) is 0 Å². The minimum Gasteiger partial charge on any atom is -0.342 e. The molecule has 0 aliphatic heterocycles. The van der Waals surface area contributed by atoms with Gasteiger partial charge in [0.05, 0.1) is 0 Å². The second kappa shape index (κ2) is 6.75. The zero-order valence-electron chi connectivity index (χ0n) is 11.8. The van der Waals surface area contributed by atoms with Gasteiger partial charge in [-0.2, -0.15) is 0 Å². The van der Waals surface area contributed by atoms with E-state index < -0.39 is 0 Å². The van der Waals surface area contributed by atoms with Crippen molar-refractivity contribution in [3.63, 3.8) is 0 Å². The maximum Gasteiger partial charge on any atom is 0.272 e. The number of anilines is 1. The summed E-state index contributed by atoms with van der Waals surface area (Å²) in [5.74, 6) is -0.0648. The summed E-state index contributed by atoms with van der Waals surface area (Å²) >= 11 is 3.43. The molecule has 2 rings (SSSR count). The lowest BCUT2D eigenvalue weighted by Gasteiger charge is -2.11. The van der Waals surface area contributed by atoms with E-state index in [9.17, 15) is 4.79 Å². The van der Waals surface area contributed by atoms with Gasteiger partial charge in [-0.15, -0.1) is 0 Å². The number of rotatable bonds is 5. The van der Waals surface area contributed by atoms with E-state index in [0.29, 0.717) is 5.69 Å². The standard InChI is InChI=1S/C16H19BrN2O/c1-3-9-19-11-13(17)10-15(19)16(20)18-14-8-6-5-7-12(14)4-2/h5-8,10-11H,3-4,9H2,1-2H3,(H,18,20). The number of aryl methyl sites for hydroxylation is 2. The van der Waals surface area contributed by atoms with Crippen LogP contribution in [0.1, 0.15) is 36.3 Å². The molecule has 2 aromatic rings. The molecule has 0 radical (unpaired) electrons. The Morgan fingerprint density at radius 3 is 2.75 bits per heavy atom. The van der Waals surface area contributed by atoms with E-state index in [4.69, 9.17) is 0 Å². The number of carbonyl (C=O) groups is 1. The van der Waals surface area contributed by atoms with E-state index in [-0.39, 0.29) is 5.91 Å². The van der Waals surface area contributed by atoms with E-state index >= 15 is 0 Å².